The molecule has 0 spiro atoms. The van der Waals surface area contributed by atoms with Crippen molar-refractivity contribution in [3.05, 3.63) is 510 Å². The van der Waals surface area contributed by atoms with Gasteiger partial charge in [0.2, 0.25) is 0 Å². The summed E-state index contributed by atoms with van der Waals surface area (Å²) in [7, 11) is 0. The largest absolute Gasteiger partial charge is 0.309 e. The Balaban J connectivity index is 0.000000141. The maximum Gasteiger partial charge on any atom is 0.0973 e. The second kappa shape index (κ2) is 33.7. The van der Waals surface area contributed by atoms with Gasteiger partial charge in [0.05, 0.1) is 89.0 Å². The predicted octanol–water partition coefficient (Wildman–Crippen LogP) is 34.6. The maximum absolute atomic E-state index is 5.17. The smallest absolute Gasteiger partial charge is 0.0973 e. The highest BCUT2D eigenvalue weighted by atomic mass is 15.0. The van der Waals surface area contributed by atoms with Crippen LogP contribution in [0, 0.1) is 0 Å². The second-order valence-corrected chi connectivity index (χ2v) is 36.3. The summed E-state index contributed by atoms with van der Waals surface area (Å²) < 4.78 is 9.57. The van der Waals surface area contributed by atoms with Crippen molar-refractivity contribution >= 4 is 131 Å². The summed E-state index contributed by atoms with van der Waals surface area (Å²) in [6.07, 6.45) is 0. The van der Waals surface area contributed by atoms with Crippen LogP contribution >= 0.6 is 0 Å². The standard InChI is InChI=1S/2C66H42N4/c1-3-15-46(16-4-1)65-66(68-60-24-11-10-23-59(60)67-65)47-30-35-52(36-31-47)70-61-25-12-9-21-55(61)56-41-49(33-38-62(56)70)50-34-39-64-58(42-50)57-40-48(32-37-63(57)69(64)51-18-5-2-6-19-51)43-26-28-45(29-27-43)54-22-13-17-44-14-7-8-20-53(44)54;1-3-14-46(15-4-1)65-66(68-60-21-11-10-20-59(60)67-65)47-29-34-54(35-30-47)70-61-22-12-9-19-55(61)56-41-51(32-37-62(56)70)52-33-38-64-58(42-52)57-40-50(31-36-63(57)69(64)53-17-5-2-6-18-53)45-25-23-44(24-26-45)49-28-27-43-13-7-8-16-48(43)39-49/h2*1-42H. The highest BCUT2D eigenvalue weighted by Gasteiger charge is 2.24. The Bertz CT molecular complexity index is 9750. The Kier molecular flexibility index (Phi) is 19.5. The Morgan fingerprint density at radius 3 is 0.729 bits per heavy atom. The average molecular weight is 1780 g/mol. The van der Waals surface area contributed by atoms with E-state index in [2.05, 4.69) is 467 Å². The average Bonchev–Trinajstić information content (AvgIpc) is 1.58. The molecule has 0 aliphatic heterocycles. The van der Waals surface area contributed by atoms with Crippen LogP contribution in [0.4, 0.5) is 0 Å². The monoisotopic (exact) mass is 1780 g/mol. The van der Waals surface area contributed by atoms with Crippen molar-refractivity contribution < 1.29 is 0 Å². The first-order valence-corrected chi connectivity index (χ1v) is 47.8. The van der Waals surface area contributed by atoms with E-state index in [1.807, 2.05) is 60.7 Å². The van der Waals surface area contributed by atoms with Gasteiger partial charge in [0.15, 0.2) is 0 Å². The van der Waals surface area contributed by atoms with Crippen LogP contribution in [0.5, 0.6) is 0 Å². The number of nitrogens with zero attached hydrogens (tertiary/aromatic N) is 8. The Morgan fingerprint density at radius 1 is 0.121 bits per heavy atom. The highest BCUT2D eigenvalue weighted by molar-refractivity contribution is 6.16. The molecule has 8 heteroatoms. The number of para-hydroxylation sites is 8. The number of hydrogen-bond acceptors (Lipinski definition) is 4. The van der Waals surface area contributed by atoms with Gasteiger partial charge in [-0.1, -0.05) is 346 Å². The van der Waals surface area contributed by atoms with Crippen LogP contribution in [0.2, 0.25) is 0 Å². The fourth-order valence-electron chi connectivity index (χ4n) is 21.4. The molecule has 8 nitrogen and oxygen atoms in total. The molecule has 28 rings (SSSR count). The number of hydrogen-bond donors (Lipinski definition) is 0. The van der Waals surface area contributed by atoms with Gasteiger partial charge in [-0.15, -0.1) is 0 Å². The van der Waals surface area contributed by atoms with Gasteiger partial charge < -0.3 is 18.3 Å². The van der Waals surface area contributed by atoms with Crippen LogP contribution in [0.3, 0.4) is 0 Å². The van der Waals surface area contributed by atoms with E-state index in [1.54, 1.807) is 0 Å². The summed E-state index contributed by atoms with van der Waals surface area (Å²) in [6, 6.07) is 184. The first-order valence-electron chi connectivity index (χ1n) is 47.8. The van der Waals surface area contributed by atoms with Crippen molar-refractivity contribution in [1.29, 1.82) is 0 Å². The summed E-state index contributed by atoms with van der Waals surface area (Å²) in [5.41, 5.74) is 39.4. The normalized spacial score (nSPS) is 11.7. The molecule has 0 atom stereocenters. The highest BCUT2D eigenvalue weighted by Crippen LogP contribution is 2.46. The maximum atomic E-state index is 5.17. The molecule has 0 saturated heterocycles. The molecule has 28 aromatic rings. The van der Waals surface area contributed by atoms with Gasteiger partial charge in [-0.05, 0) is 252 Å². The lowest BCUT2D eigenvalue weighted by Crippen LogP contribution is -1.97. The molecule has 140 heavy (non-hydrogen) atoms. The van der Waals surface area contributed by atoms with Crippen LogP contribution in [0.25, 0.3) is 265 Å². The van der Waals surface area contributed by atoms with Gasteiger partial charge in [-0.2, -0.15) is 0 Å². The number of aromatic nitrogens is 8. The van der Waals surface area contributed by atoms with Gasteiger partial charge in [0, 0.05) is 88.1 Å². The zero-order chi connectivity index (χ0) is 92.2. The number of rotatable bonds is 14. The van der Waals surface area contributed by atoms with E-state index < -0.39 is 0 Å². The molecule has 0 bridgehead atoms. The van der Waals surface area contributed by atoms with E-state index in [-0.39, 0.29) is 0 Å². The van der Waals surface area contributed by atoms with Crippen molar-refractivity contribution in [2.24, 2.45) is 0 Å². The van der Waals surface area contributed by atoms with Crippen LogP contribution in [-0.4, -0.2) is 38.2 Å². The SMILES string of the molecule is c1ccc(-c2nc3ccccc3nc2-c2ccc(-n3c4ccccc4c4cc(-c5ccc6c(c5)c5cc(-c7ccc(-c8ccc9ccccc9c8)cc7)ccc5n6-c5ccccc5)ccc43)cc2)cc1.c1ccc(-c2nc3ccccc3nc2-c2ccc(-n3c4ccccc4c4cc(-c5ccc6c(c5)c5cc(-c7ccc(-c8cccc9ccccc89)cc7)ccc5n6-c5ccccc5)ccc43)cc2)cc1. The second-order valence-electron chi connectivity index (χ2n) is 36.3. The van der Waals surface area contributed by atoms with Crippen LogP contribution < -0.4 is 0 Å². The third-order valence-corrected chi connectivity index (χ3v) is 28.2. The molecule has 0 N–H and O–H groups in total. The van der Waals surface area contributed by atoms with Gasteiger partial charge in [-0.3, -0.25) is 0 Å². The lowest BCUT2D eigenvalue weighted by Gasteiger charge is -2.12. The van der Waals surface area contributed by atoms with E-state index in [9.17, 15) is 0 Å². The molecule has 6 aromatic heterocycles. The molecule has 0 fully saturated rings. The molecule has 0 saturated carbocycles. The minimum absolute atomic E-state index is 0.870. The van der Waals surface area contributed by atoms with Gasteiger partial charge in [0.1, 0.15) is 0 Å². The van der Waals surface area contributed by atoms with E-state index in [0.29, 0.717) is 0 Å². The number of benzene rings is 22. The Labute approximate surface area is 807 Å². The van der Waals surface area contributed by atoms with Crippen LogP contribution in [0.15, 0.2) is 510 Å². The molecule has 0 aliphatic carbocycles. The number of fused-ring (bicyclic) bond motifs is 16. The summed E-state index contributed by atoms with van der Waals surface area (Å²) in [5.74, 6) is 0. The van der Waals surface area contributed by atoms with Crippen molar-refractivity contribution in [3.63, 3.8) is 0 Å². The summed E-state index contributed by atoms with van der Waals surface area (Å²) >= 11 is 0. The van der Waals surface area contributed by atoms with E-state index in [1.165, 1.54) is 153 Å². The molecule has 0 radical (unpaired) electrons. The first-order chi connectivity index (χ1) is 69.4. The molecule has 652 valence electrons. The topological polar surface area (TPSA) is 71.3 Å². The molecule has 6 heterocycles. The Hall–Kier alpha value is -18.8. The van der Waals surface area contributed by atoms with Gasteiger partial charge >= 0.3 is 0 Å². The zero-order valence-electron chi connectivity index (χ0n) is 76.1. The van der Waals surface area contributed by atoms with E-state index in [4.69, 9.17) is 19.9 Å². The molecule has 0 unspecified atom stereocenters. The summed E-state index contributed by atoms with van der Waals surface area (Å²) in [4.78, 5) is 20.6. The fraction of sp³-hybridized carbons (Fsp3) is 0. The van der Waals surface area contributed by atoms with Crippen molar-refractivity contribution in [1.82, 2.24) is 38.2 Å². The molecule has 0 amide bonds. The lowest BCUT2D eigenvalue weighted by molar-refractivity contribution is 1.18. The van der Waals surface area contributed by atoms with Crippen LogP contribution in [-0.2, 0) is 0 Å². The van der Waals surface area contributed by atoms with Crippen molar-refractivity contribution in [2.45, 2.75) is 0 Å². The zero-order valence-corrected chi connectivity index (χ0v) is 76.1. The van der Waals surface area contributed by atoms with Crippen molar-refractivity contribution in [3.8, 4) is 135 Å². The van der Waals surface area contributed by atoms with Gasteiger partial charge in [0.25, 0.3) is 0 Å². The van der Waals surface area contributed by atoms with E-state index >= 15 is 0 Å². The lowest BCUT2D eigenvalue weighted by atomic mass is 9.95. The van der Waals surface area contributed by atoms with E-state index in [0.717, 1.165) is 112 Å². The quantitative estimate of drug-likeness (QED) is 0.109. The molecule has 0 aliphatic rings. The summed E-state index contributed by atoms with van der Waals surface area (Å²) in [5, 5.41) is 14.8. The predicted molar refractivity (Wildman–Crippen MR) is 586 cm³/mol. The Morgan fingerprint density at radius 2 is 0.357 bits per heavy atom. The van der Waals surface area contributed by atoms with Crippen molar-refractivity contribution in [2.75, 3.05) is 0 Å². The molecular formula is C132H84N8. The third-order valence-electron chi connectivity index (χ3n) is 28.2. The minimum atomic E-state index is 0.870. The molecular weight excluding hydrogens is 1700 g/mol. The third kappa shape index (κ3) is 14.1. The fourth-order valence-corrected chi connectivity index (χ4v) is 21.4. The first kappa shape index (κ1) is 80.9. The summed E-state index contributed by atoms with van der Waals surface area (Å²) in [6.45, 7) is 0. The molecule has 22 aromatic carbocycles. The van der Waals surface area contributed by atoms with Crippen LogP contribution in [0.1, 0.15) is 0 Å². The minimum Gasteiger partial charge on any atom is -0.309 e. The van der Waals surface area contributed by atoms with Gasteiger partial charge in [-0.25, -0.2) is 19.9 Å².